The van der Waals surface area contributed by atoms with Crippen LogP contribution in [0.15, 0.2) is 18.2 Å². The molecule has 0 saturated heterocycles. The number of ether oxygens (including phenoxy) is 2. The van der Waals surface area contributed by atoms with Crippen molar-refractivity contribution in [3.05, 3.63) is 29.6 Å². The molecule has 3 nitrogen and oxygen atoms in total. The van der Waals surface area contributed by atoms with E-state index in [1.165, 1.54) is 12.1 Å². The molecule has 1 aromatic rings. The van der Waals surface area contributed by atoms with E-state index >= 15 is 0 Å². The van der Waals surface area contributed by atoms with Crippen molar-refractivity contribution in [2.24, 2.45) is 5.73 Å². The van der Waals surface area contributed by atoms with Crippen molar-refractivity contribution >= 4 is 0 Å². The fourth-order valence-electron chi connectivity index (χ4n) is 1.76. The quantitative estimate of drug-likeness (QED) is 0.701. The van der Waals surface area contributed by atoms with Crippen LogP contribution < -0.4 is 10.5 Å². The number of hydrogen-bond donors (Lipinski definition) is 1. The minimum absolute atomic E-state index is 0.00651. The van der Waals surface area contributed by atoms with Crippen LogP contribution in [0.5, 0.6) is 5.75 Å². The molecule has 1 rings (SSSR count). The van der Waals surface area contributed by atoms with Gasteiger partial charge in [-0.3, -0.25) is 0 Å². The molecule has 0 bridgehead atoms. The molecule has 4 heteroatoms. The topological polar surface area (TPSA) is 44.5 Å². The highest BCUT2D eigenvalue weighted by Gasteiger charge is 2.04. The molecule has 1 aromatic carbocycles. The second-order valence-electron chi connectivity index (χ2n) is 4.79. The molecule has 0 aliphatic heterocycles. The summed E-state index contributed by atoms with van der Waals surface area (Å²) in [4.78, 5) is 0. The first-order valence-corrected chi connectivity index (χ1v) is 6.87. The molecule has 0 saturated carbocycles. The summed E-state index contributed by atoms with van der Waals surface area (Å²) >= 11 is 0. The first-order chi connectivity index (χ1) is 9.11. The Bertz CT molecular complexity index is 369. The summed E-state index contributed by atoms with van der Waals surface area (Å²) in [5, 5.41) is 0. The highest BCUT2D eigenvalue weighted by Crippen LogP contribution is 2.17. The van der Waals surface area contributed by atoms with Crippen LogP contribution >= 0.6 is 0 Å². The van der Waals surface area contributed by atoms with Gasteiger partial charge >= 0.3 is 0 Å². The lowest BCUT2D eigenvalue weighted by Crippen LogP contribution is -2.18. The van der Waals surface area contributed by atoms with Gasteiger partial charge < -0.3 is 15.2 Å². The monoisotopic (exact) mass is 269 g/mol. The zero-order valence-corrected chi connectivity index (χ0v) is 11.8. The predicted molar refractivity (Wildman–Crippen MR) is 75.0 cm³/mol. The standard InChI is InChI=1S/C15H24FNO2/c1-3-4-5-18-6-7-19-15-10-13(8-12(2)17)9-14(16)11-15/h9-12H,3-8,17H2,1-2H3. The van der Waals surface area contributed by atoms with Crippen LogP contribution in [0.25, 0.3) is 0 Å². The van der Waals surface area contributed by atoms with Crippen LogP contribution in [0.1, 0.15) is 32.3 Å². The lowest BCUT2D eigenvalue weighted by molar-refractivity contribution is 0.0979. The molecule has 1 atom stereocenters. The minimum atomic E-state index is -0.292. The van der Waals surface area contributed by atoms with Crippen molar-refractivity contribution in [2.45, 2.75) is 39.2 Å². The summed E-state index contributed by atoms with van der Waals surface area (Å²) in [6, 6.07) is 4.72. The van der Waals surface area contributed by atoms with Crippen LogP contribution in [0, 0.1) is 5.82 Å². The fourth-order valence-corrected chi connectivity index (χ4v) is 1.76. The number of rotatable bonds is 9. The molecule has 0 fully saturated rings. The zero-order valence-electron chi connectivity index (χ0n) is 11.8. The predicted octanol–water partition coefficient (Wildman–Crippen LogP) is 2.91. The molecule has 2 N–H and O–H groups in total. The second-order valence-corrected chi connectivity index (χ2v) is 4.79. The molecule has 0 aromatic heterocycles. The Balaban J connectivity index is 2.38. The average Bonchev–Trinajstić information content (AvgIpc) is 2.32. The summed E-state index contributed by atoms with van der Waals surface area (Å²) in [5.41, 5.74) is 6.57. The van der Waals surface area contributed by atoms with Gasteiger partial charge in [0.15, 0.2) is 0 Å². The largest absolute Gasteiger partial charge is 0.491 e. The van der Waals surface area contributed by atoms with E-state index in [2.05, 4.69) is 6.92 Å². The van der Waals surface area contributed by atoms with Crippen LogP contribution in [0.4, 0.5) is 4.39 Å². The Morgan fingerprint density at radius 3 is 2.68 bits per heavy atom. The summed E-state index contributed by atoms with van der Waals surface area (Å²) in [6.45, 7) is 5.72. The molecule has 108 valence electrons. The van der Waals surface area contributed by atoms with Crippen LogP contribution in [-0.4, -0.2) is 25.9 Å². The van der Waals surface area contributed by atoms with Gasteiger partial charge in [-0.1, -0.05) is 13.3 Å². The van der Waals surface area contributed by atoms with Crippen LogP contribution in [0.3, 0.4) is 0 Å². The molecule has 0 spiro atoms. The van der Waals surface area contributed by atoms with Crippen molar-refractivity contribution in [1.82, 2.24) is 0 Å². The molecule has 0 aliphatic rings. The lowest BCUT2D eigenvalue weighted by Gasteiger charge is -2.10. The molecular formula is C15H24FNO2. The Morgan fingerprint density at radius 2 is 2.00 bits per heavy atom. The first-order valence-electron chi connectivity index (χ1n) is 6.87. The van der Waals surface area contributed by atoms with Crippen LogP contribution in [-0.2, 0) is 11.2 Å². The molecule has 1 unspecified atom stereocenters. The SMILES string of the molecule is CCCCOCCOc1cc(F)cc(CC(C)N)c1. The Kier molecular flexibility index (Phi) is 7.45. The normalized spacial score (nSPS) is 12.4. The van der Waals surface area contributed by atoms with Crippen molar-refractivity contribution in [3.63, 3.8) is 0 Å². The van der Waals surface area contributed by atoms with E-state index in [-0.39, 0.29) is 11.9 Å². The molecular weight excluding hydrogens is 245 g/mol. The Morgan fingerprint density at radius 1 is 1.21 bits per heavy atom. The molecule has 0 aliphatic carbocycles. The third-order valence-electron chi connectivity index (χ3n) is 2.63. The van der Waals surface area contributed by atoms with Gasteiger partial charge in [0, 0.05) is 18.7 Å². The summed E-state index contributed by atoms with van der Waals surface area (Å²) in [5.74, 6) is 0.245. The molecule has 0 amide bonds. The Hall–Kier alpha value is -1.13. The van der Waals surface area contributed by atoms with Crippen LogP contribution in [0.2, 0.25) is 0 Å². The van der Waals surface area contributed by atoms with Gasteiger partial charge in [-0.05, 0) is 37.5 Å². The highest BCUT2D eigenvalue weighted by atomic mass is 19.1. The highest BCUT2D eigenvalue weighted by molar-refractivity contribution is 5.30. The summed E-state index contributed by atoms with van der Waals surface area (Å²) < 4.78 is 24.3. The average molecular weight is 269 g/mol. The summed E-state index contributed by atoms with van der Waals surface area (Å²) in [6.07, 6.45) is 2.81. The summed E-state index contributed by atoms with van der Waals surface area (Å²) in [7, 11) is 0. The smallest absolute Gasteiger partial charge is 0.127 e. The zero-order chi connectivity index (χ0) is 14.1. The maximum Gasteiger partial charge on any atom is 0.127 e. The number of halogens is 1. The van der Waals surface area contributed by atoms with Gasteiger partial charge in [-0.25, -0.2) is 4.39 Å². The van der Waals surface area contributed by atoms with Gasteiger partial charge in [-0.2, -0.15) is 0 Å². The van der Waals surface area contributed by atoms with Crippen molar-refractivity contribution < 1.29 is 13.9 Å². The van der Waals surface area contributed by atoms with E-state index in [0.717, 1.165) is 25.0 Å². The second kappa shape index (κ2) is 8.88. The molecule has 0 heterocycles. The van der Waals surface area contributed by atoms with E-state index in [0.29, 0.717) is 25.4 Å². The van der Waals surface area contributed by atoms with Gasteiger partial charge in [0.25, 0.3) is 0 Å². The maximum atomic E-state index is 13.4. The third-order valence-corrected chi connectivity index (χ3v) is 2.63. The molecule has 19 heavy (non-hydrogen) atoms. The first kappa shape index (κ1) is 15.9. The van der Waals surface area contributed by atoms with E-state index in [4.69, 9.17) is 15.2 Å². The van der Waals surface area contributed by atoms with Crippen molar-refractivity contribution in [2.75, 3.05) is 19.8 Å². The van der Waals surface area contributed by atoms with Crippen molar-refractivity contribution in [3.8, 4) is 5.75 Å². The number of benzene rings is 1. The van der Waals surface area contributed by atoms with E-state index in [9.17, 15) is 4.39 Å². The maximum absolute atomic E-state index is 13.4. The fraction of sp³-hybridized carbons (Fsp3) is 0.600. The minimum Gasteiger partial charge on any atom is -0.491 e. The van der Waals surface area contributed by atoms with E-state index in [1.807, 2.05) is 13.0 Å². The van der Waals surface area contributed by atoms with E-state index in [1.54, 1.807) is 0 Å². The third kappa shape index (κ3) is 7.13. The van der Waals surface area contributed by atoms with Gasteiger partial charge in [0.05, 0.1) is 6.61 Å². The lowest BCUT2D eigenvalue weighted by atomic mass is 10.1. The van der Waals surface area contributed by atoms with Gasteiger partial charge in [-0.15, -0.1) is 0 Å². The number of nitrogens with two attached hydrogens (primary N) is 1. The van der Waals surface area contributed by atoms with Crippen molar-refractivity contribution in [1.29, 1.82) is 0 Å². The number of unbranched alkanes of at least 4 members (excludes halogenated alkanes) is 1. The molecule has 0 radical (unpaired) electrons. The van der Waals surface area contributed by atoms with E-state index < -0.39 is 0 Å². The van der Waals surface area contributed by atoms with Gasteiger partial charge in [0.2, 0.25) is 0 Å². The number of hydrogen-bond acceptors (Lipinski definition) is 3. The Labute approximate surface area is 114 Å². The van der Waals surface area contributed by atoms with Gasteiger partial charge in [0.1, 0.15) is 18.2 Å².